The average Bonchev–Trinajstić information content (AvgIpc) is 2.36. The molecule has 0 nitrogen and oxygen atoms in total. The molecule has 2 rings (SSSR count). The first-order chi connectivity index (χ1) is 8.91. The molecule has 0 amide bonds. The molecule has 0 radical (unpaired) electrons. The summed E-state index contributed by atoms with van der Waals surface area (Å²) in [7, 11) is 0. The molecular weight excluding hydrogens is 401 g/mol. The molecule has 2 aromatic carbocycles. The van der Waals surface area contributed by atoms with Crippen molar-refractivity contribution in [2.45, 2.75) is 11.8 Å². The zero-order chi connectivity index (χ0) is 14.2. The third kappa shape index (κ3) is 3.01. The van der Waals surface area contributed by atoms with E-state index in [1.54, 1.807) is 19.1 Å². The van der Waals surface area contributed by atoms with Gasteiger partial charge in [-0.25, -0.2) is 8.78 Å². The van der Waals surface area contributed by atoms with Gasteiger partial charge in [0.25, 0.3) is 0 Å². The Bertz CT molecular complexity index is 629. The molecule has 0 aromatic heterocycles. The summed E-state index contributed by atoms with van der Waals surface area (Å²) in [5.74, 6) is -1.15. The van der Waals surface area contributed by atoms with Gasteiger partial charge in [-0.2, -0.15) is 0 Å². The maximum absolute atomic E-state index is 13.9. The molecule has 0 aliphatic rings. The Balaban J connectivity index is 2.53. The predicted molar refractivity (Wildman–Crippen MR) is 81.0 cm³/mol. The van der Waals surface area contributed by atoms with E-state index in [2.05, 4.69) is 31.9 Å². The summed E-state index contributed by atoms with van der Waals surface area (Å²) in [5, 5.41) is 0.505. The predicted octanol–water partition coefficient (Wildman–Crippen LogP) is 6.17. The van der Waals surface area contributed by atoms with Crippen LogP contribution >= 0.6 is 43.5 Å². The van der Waals surface area contributed by atoms with Crippen molar-refractivity contribution in [3.05, 3.63) is 68.2 Å². The maximum Gasteiger partial charge on any atom is 0.130 e. The third-order valence-electron chi connectivity index (χ3n) is 2.81. The first-order valence-corrected chi connectivity index (χ1v) is 7.54. The molecule has 1 atom stereocenters. The van der Waals surface area contributed by atoms with Crippen LogP contribution in [-0.4, -0.2) is 0 Å². The smallest absolute Gasteiger partial charge is 0.130 e. The fourth-order valence-electron chi connectivity index (χ4n) is 1.76. The van der Waals surface area contributed by atoms with Gasteiger partial charge < -0.3 is 0 Å². The zero-order valence-corrected chi connectivity index (χ0v) is 13.8. The van der Waals surface area contributed by atoms with Crippen LogP contribution in [0.25, 0.3) is 0 Å². The molecule has 0 bridgehead atoms. The van der Waals surface area contributed by atoms with Gasteiger partial charge in [0.2, 0.25) is 0 Å². The van der Waals surface area contributed by atoms with Gasteiger partial charge in [0.05, 0.1) is 9.85 Å². The lowest BCUT2D eigenvalue weighted by Crippen LogP contribution is -2.00. The average molecular weight is 410 g/mol. The topological polar surface area (TPSA) is 0 Å². The van der Waals surface area contributed by atoms with E-state index < -0.39 is 16.5 Å². The highest BCUT2D eigenvalue weighted by Crippen LogP contribution is 2.39. The molecule has 0 aliphatic heterocycles. The van der Waals surface area contributed by atoms with Crippen molar-refractivity contribution in [2.75, 3.05) is 0 Å². The number of halogens is 5. The van der Waals surface area contributed by atoms with Crippen LogP contribution < -0.4 is 0 Å². The van der Waals surface area contributed by atoms with Crippen molar-refractivity contribution in [1.29, 1.82) is 0 Å². The molecule has 0 fully saturated rings. The molecule has 1 unspecified atom stereocenters. The monoisotopic (exact) mass is 408 g/mol. The van der Waals surface area contributed by atoms with Crippen molar-refractivity contribution < 1.29 is 8.78 Å². The highest BCUT2D eigenvalue weighted by molar-refractivity contribution is 9.10. The van der Waals surface area contributed by atoms with Crippen LogP contribution in [0.3, 0.4) is 0 Å². The van der Waals surface area contributed by atoms with E-state index >= 15 is 0 Å². The Kier molecular flexibility index (Phi) is 4.64. The highest BCUT2D eigenvalue weighted by atomic mass is 79.9. The number of hydrogen-bond donors (Lipinski definition) is 0. The number of aryl methyl sites for hydroxylation is 1. The van der Waals surface area contributed by atoms with Crippen LogP contribution in [0.4, 0.5) is 8.78 Å². The number of rotatable bonds is 2. The Hall–Kier alpha value is -0.450. The standard InChI is InChI=1S/C14H9Br2ClF2/c1-7-5-9(12(19)6-11(7)18)13(16)8-3-2-4-10(15)14(8)17/h2-6,13H,1H3. The molecule has 0 aliphatic carbocycles. The minimum absolute atomic E-state index is 0.360. The number of alkyl halides is 1. The lowest BCUT2D eigenvalue weighted by Gasteiger charge is -2.15. The molecule has 0 heterocycles. The molecular formula is C14H9Br2ClF2. The van der Waals surface area contributed by atoms with Gasteiger partial charge in [-0.15, -0.1) is 0 Å². The van der Waals surface area contributed by atoms with Crippen molar-refractivity contribution in [3.63, 3.8) is 0 Å². The fourth-order valence-corrected chi connectivity index (χ4v) is 3.24. The Morgan fingerprint density at radius 3 is 2.47 bits per heavy atom. The Labute approximate surface area is 132 Å². The summed E-state index contributed by atoms with van der Waals surface area (Å²) in [6.45, 7) is 1.60. The SMILES string of the molecule is Cc1cc(C(Br)c2cccc(Br)c2Cl)c(F)cc1F. The second kappa shape index (κ2) is 5.90. The van der Waals surface area contributed by atoms with Gasteiger partial charge in [-0.1, -0.05) is 39.7 Å². The van der Waals surface area contributed by atoms with Gasteiger partial charge in [0.15, 0.2) is 0 Å². The summed E-state index contributed by atoms with van der Waals surface area (Å²) in [6.07, 6.45) is 0. The molecule has 0 saturated carbocycles. The van der Waals surface area contributed by atoms with Gasteiger partial charge in [0, 0.05) is 16.1 Å². The summed E-state index contributed by atoms with van der Waals surface area (Å²) in [5.41, 5.74) is 1.48. The highest BCUT2D eigenvalue weighted by Gasteiger charge is 2.20. The molecule has 19 heavy (non-hydrogen) atoms. The van der Waals surface area contributed by atoms with Gasteiger partial charge in [0.1, 0.15) is 11.6 Å². The van der Waals surface area contributed by atoms with Crippen LogP contribution in [0.15, 0.2) is 34.8 Å². The van der Waals surface area contributed by atoms with Gasteiger partial charge in [-0.3, -0.25) is 0 Å². The molecule has 5 heteroatoms. The van der Waals surface area contributed by atoms with Gasteiger partial charge >= 0.3 is 0 Å². The number of benzene rings is 2. The summed E-state index contributed by atoms with van der Waals surface area (Å²) in [6, 6.07) is 7.79. The Morgan fingerprint density at radius 1 is 1.11 bits per heavy atom. The fraction of sp³-hybridized carbons (Fsp3) is 0.143. The van der Waals surface area contributed by atoms with E-state index in [9.17, 15) is 8.78 Å². The van der Waals surface area contributed by atoms with Crippen molar-refractivity contribution in [1.82, 2.24) is 0 Å². The molecule has 100 valence electrons. The van der Waals surface area contributed by atoms with E-state index in [4.69, 9.17) is 11.6 Å². The largest absolute Gasteiger partial charge is 0.207 e. The summed E-state index contributed by atoms with van der Waals surface area (Å²) < 4.78 is 27.9. The van der Waals surface area contributed by atoms with E-state index in [-0.39, 0.29) is 0 Å². The first kappa shape index (κ1) is 14.9. The first-order valence-electron chi connectivity index (χ1n) is 5.45. The summed E-state index contributed by atoms with van der Waals surface area (Å²) in [4.78, 5) is -0.434. The molecule has 0 N–H and O–H groups in total. The lowest BCUT2D eigenvalue weighted by atomic mass is 10.0. The molecule has 2 aromatic rings. The van der Waals surface area contributed by atoms with E-state index in [0.717, 1.165) is 16.1 Å². The lowest BCUT2D eigenvalue weighted by molar-refractivity contribution is 0.569. The van der Waals surface area contributed by atoms with Crippen molar-refractivity contribution in [2.24, 2.45) is 0 Å². The summed E-state index contributed by atoms with van der Waals surface area (Å²) >= 11 is 12.9. The van der Waals surface area contributed by atoms with Crippen LogP contribution in [0.1, 0.15) is 21.5 Å². The minimum atomic E-state index is -0.596. The second-order valence-electron chi connectivity index (χ2n) is 4.13. The normalized spacial score (nSPS) is 12.5. The van der Waals surface area contributed by atoms with E-state index in [1.807, 2.05) is 6.07 Å². The van der Waals surface area contributed by atoms with Crippen LogP contribution in [-0.2, 0) is 0 Å². The van der Waals surface area contributed by atoms with Crippen LogP contribution in [0.2, 0.25) is 5.02 Å². The van der Waals surface area contributed by atoms with E-state index in [1.165, 1.54) is 6.07 Å². The second-order valence-corrected chi connectivity index (χ2v) is 6.28. The van der Waals surface area contributed by atoms with Crippen molar-refractivity contribution >= 4 is 43.5 Å². The van der Waals surface area contributed by atoms with Gasteiger partial charge in [-0.05, 0) is 46.1 Å². The third-order valence-corrected chi connectivity index (χ3v) is 5.10. The van der Waals surface area contributed by atoms with E-state index in [0.29, 0.717) is 16.1 Å². The quantitative estimate of drug-likeness (QED) is 0.519. The Morgan fingerprint density at radius 2 is 1.79 bits per heavy atom. The minimum Gasteiger partial charge on any atom is -0.207 e. The zero-order valence-electron chi connectivity index (χ0n) is 9.85. The molecule has 0 saturated heterocycles. The van der Waals surface area contributed by atoms with Crippen molar-refractivity contribution in [3.8, 4) is 0 Å². The maximum atomic E-state index is 13.9. The van der Waals surface area contributed by atoms with Crippen LogP contribution in [0, 0.1) is 18.6 Å². The molecule has 0 spiro atoms. The van der Waals surface area contributed by atoms with Crippen LogP contribution in [0.5, 0.6) is 0 Å². The number of hydrogen-bond acceptors (Lipinski definition) is 0.